The van der Waals surface area contributed by atoms with Crippen molar-refractivity contribution in [3.8, 4) is 11.5 Å². The highest BCUT2D eigenvalue weighted by molar-refractivity contribution is 5.49. The summed E-state index contributed by atoms with van der Waals surface area (Å²) in [5.41, 5.74) is 2.45. The van der Waals surface area contributed by atoms with Gasteiger partial charge in [0.05, 0.1) is 20.3 Å². The van der Waals surface area contributed by atoms with Gasteiger partial charge in [0.1, 0.15) is 17.1 Å². The number of benzene rings is 3. The lowest BCUT2D eigenvalue weighted by Gasteiger charge is -2.39. The van der Waals surface area contributed by atoms with Crippen LogP contribution in [-0.4, -0.2) is 20.3 Å². The quantitative estimate of drug-likeness (QED) is 0.438. The summed E-state index contributed by atoms with van der Waals surface area (Å²) in [6, 6.07) is 26.7. The Bertz CT molecular complexity index is 836. The zero-order chi connectivity index (χ0) is 20.9. The van der Waals surface area contributed by atoms with Crippen molar-refractivity contribution in [2.24, 2.45) is 5.92 Å². The highest BCUT2D eigenvalue weighted by Crippen LogP contribution is 2.43. The van der Waals surface area contributed by atoms with Crippen molar-refractivity contribution in [1.29, 1.82) is 0 Å². The second kappa shape index (κ2) is 9.15. The van der Waals surface area contributed by atoms with E-state index < -0.39 is 5.60 Å². The summed E-state index contributed by atoms with van der Waals surface area (Å²) >= 11 is 0. The fourth-order valence-electron chi connectivity index (χ4n) is 3.44. The number of methoxy groups -OCH3 is 2. The van der Waals surface area contributed by atoms with Crippen LogP contribution in [0.25, 0.3) is 0 Å². The van der Waals surface area contributed by atoms with Crippen LogP contribution in [0.15, 0.2) is 78.9 Å². The van der Waals surface area contributed by atoms with Crippen molar-refractivity contribution < 1.29 is 14.2 Å². The van der Waals surface area contributed by atoms with Gasteiger partial charge < -0.3 is 14.2 Å². The predicted molar refractivity (Wildman–Crippen MR) is 118 cm³/mol. The highest BCUT2D eigenvalue weighted by Gasteiger charge is 2.39. The normalized spacial score (nSPS) is 12.6. The lowest BCUT2D eigenvalue weighted by molar-refractivity contribution is -0.0586. The molecule has 0 saturated heterocycles. The van der Waals surface area contributed by atoms with E-state index in [1.54, 1.807) is 14.2 Å². The van der Waals surface area contributed by atoms with E-state index in [1.165, 1.54) is 0 Å². The van der Waals surface area contributed by atoms with Gasteiger partial charge >= 0.3 is 0 Å². The summed E-state index contributed by atoms with van der Waals surface area (Å²) in [7, 11) is 3.36. The molecule has 0 aliphatic rings. The summed E-state index contributed by atoms with van der Waals surface area (Å²) in [6.07, 6.45) is 0.0411. The maximum atomic E-state index is 6.92. The third kappa shape index (κ3) is 4.30. The van der Waals surface area contributed by atoms with Gasteiger partial charge in [-0.1, -0.05) is 68.4 Å². The van der Waals surface area contributed by atoms with Crippen LogP contribution in [0.1, 0.15) is 37.5 Å². The molecule has 0 heterocycles. The first-order valence-electron chi connectivity index (χ1n) is 10.0. The molecule has 1 unspecified atom stereocenters. The Hall–Kier alpha value is -2.78. The Morgan fingerprint density at radius 3 is 1.38 bits per heavy atom. The van der Waals surface area contributed by atoms with E-state index in [0.717, 1.165) is 28.2 Å². The molecule has 3 aromatic rings. The predicted octanol–water partition coefficient (Wildman–Crippen LogP) is 6.06. The van der Waals surface area contributed by atoms with Crippen molar-refractivity contribution in [3.05, 3.63) is 95.6 Å². The second-order valence-corrected chi connectivity index (χ2v) is 7.57. The maximum Gasteiger partial charge on any atom is 0.144 e. The number of hydrogen-bond donors (Lipinski definition) is 0. The Labute approximate surface area is 174 Å². The van der Waals surface area contributed by atoms with Crippen LogP contribution in [0.4, 0.5) is 0 Å². The molecule has 0 spiro atoms. The molecule has 0 aliphatic heterocycles. The molecule has 0 radical (unpaired) electrons. The van der Waals surface area contributed by atoms with Crippen LogP contribution < -0.4 is 9.47 Å². The van der Waals surface area contributed by atoms with Crippen LogP contribution in [0.2, 0.25) is 0 Å². The fraction of sp³-hybridized carbons (Fsp3) is 0.308. The van der Waals surface area contributed by atoms with Crippen molar-refractivity contribution in [1.82, 2.24) is 0 Å². The molecule has 0 N–H and O–H groups in total. The van der Waals surface area contributed by atoms with E-state index in [0.29, 0.717) is 5.92 Å². The van der Waals surface area contributed by atoms with Crippen molar-refractivity contribution in [2.45, 2.75) is 32.5 Å². The van der Waals surface area contributed by atoms with Crippen molar-refractivity contribution in [2.75, 3.05) is 14.2 Å². The maximum absolute atomic E-state index is 6.92. The van der Waals surface area contributed by atoms with Gasteiger partial charge in [-0.15, -0.1) is 0 Å². The summed E-state index contributed by atoms with van der Waals surface area (Å²) in [5.74, 6) is 2.01. The highest BCUT2D eigenvalue weighted by atomic mass is 16.5. The molecular weight excluding hydrogens is 360 g/mol. The van der Waals surface area contributed by atoms with Crippen LogP contribution in [0.5, 0.6) is 11.5 Å². The number of rotatable bonds is 8. The number of ether oxygens (including phenoxy) is 3. The average molecular weight is 391 g/mol. The van der Waals surface area contributed by atoms with Gasteiger partial charge in [0, 0.05) is 0 Å². The van der Waals surface area contributed by atoms with Gasteiger partial charge in [-0.2, -0.15) is 0 Å². The molecule has 0 bridgehead atoms. The monoisotopic (exact) mass is 390 g/mol. The molecule has 1 atom stereocenters. The summed E-state index contributed by atoms with van der Waals surface area (Å²) in [5, 5.41) is 0. The minimum absolute atomic E-state index is 0.0411. The molecule has 0 aromatic heterocycles. The lowest BCUT2D eigenvalue weighted by Crippen LogP contribution is -2.37. The third-order valence-electron chi connectivity index (χ3n) is 5.47. The van der Waals surface area contributed by atoms with Crippen molar-refractivity contribution in [3.63, 3.8) is 0 Å². The molecule has 3 nitrogen and oxygen atoms in total. The first-order valence-corrected chi connectivity index (χ1v) is 10.0. The van der Waals surface area contributed by atoms with Gasteiger partial charge in [-0.05, 0) is 53.8 Å². The number of hydrogen-bond acceptors (Lipinski definition) is 3. The van der Waals surface area contributed by atoms with Gasteiger partial charge in [0.15, 0.2) is 0 Å². The SMILES string of the molecule is COc1ccc(C(OC(C)C(C)C)(c2ccccc2)c2ccc(OC)cc2)cc1. The van der Waals surface area contributed by atoms with Crippen LogP contribution in [-0.2, 0) is 10.3 Å². The van der Waals surface area contributed by atoms with Gasteiger partial charge in [0.2, 0.25) is 0 Å². The molecule has 152 valence electrons. The fourth-order valence-corrected chi connectivity index (χ4v) is 3.44. The third-order valence-corrected chi connectivity index (χ3v) is 5.47. The Morgan fingerprint density at radius 2 is 1.00 bits per heavy atom. The molecule has 3 aromatic carbocycles. The Balaban J connectivity index is 2.27. The van der Waals surface area contributed by atoms with Crippen LogP contribution >= 0.6 is 0 Å². The Kier molecular flexibility index (Phi) is 6.60. The molecule has 0 fully saturated rings. The molecule has 29 heavy (non-hydrogen) atoms. The van der Waals surface area contributed by atoms with Gasteiger partial charge in [-0.25, -0.2) is 0 Å². The topological polar surface area (TPSA) is 27.7 Å². The van der Waals surface area contributed by atoms with Gasteiger partial charge in [0.25, 0.3) is 0 Å². The molecule has 3 rings (SSSR count). The molecule has 0 aliphatic carbocycles. The molecular formula is C26H30O3. The largest absolute Gasteiger partial charge is 0.497 e. The minimum atomic E-state index is -0.747. The summed E-state index contributed by atoms with van der Waals surface area (Å²) < 4.78 is 17.7. The average Bonchev–Trinajstić information content (AvgIpc) is 2.78. The zero-order valence-corrected chi connectivity index (χ0v) is 17.9. The molecule has 3 heteroatoms. The summed E-state index contributed by atoms with van der Waals surface area (Å²) in [4.78, 5) is 0. The zero-order valence-electron chi connectivity index (χ0n) is 17.9. The van der Waals surface area contributed by atoms with Crippen LogP contribution in [0.3, 0.4) is 0 Å². The first kappa shape index (κ1) is 20.9. The smallest absolute Gasteiger partial charge is 0.144 e. The van der Waals surface area contributed by atoms with E-state index in [1.807, 2.05) is 30.3 Å². The van der Waals surface area contributed by atoms with E-state index in [9.17, 15) is 0 Å². The van der Waals surface area contributed by atoms with E-state index >= 15 is 0 Å². The standard InChI is InChI=1S/C26H30O3/c1-19(2)20(3)29-26(21-9-7-6-8-10-21,22-11-15-24(27-4)16-12-22)23-13-17-25(28-5)18-14-23/h6-20H,1-5H3. The Morgan fingerprint density at radius 1 is 0.586 bits per heavy atom. The molecule has 0 amide bonds. The summed E-state index contributed by atoms with van der Waals surface area (Å²) in [6.45, 7) is 6.50. The minimum Gasteiger partial charge on any atom is -0.497 e. The van der Waals surface area contributed by atoms with E-state index in [2.05, 4.69) is 69.3 Å². The lowest BCUT2D eigenvalue weighted by atomic mass is 9.79. The second-order valence-electron chi connectivity index (χ2n) is 7.57. The first-order chi connectivity index (χ1) is 14.0. The van der Waals surface area contributed by atoms with Crippen molar-refractivity contribution >= 4 is 0 Å². The van der Waals surface area contributed by atoms with E-state index in [-0.39, 0.29) is 6.10 Å². The van der Waals surface area contributed by atoms with Crippen LogP contribution in [0, 0.1) is 5.92 Å². The van der Waals surface area contributed by atoms with E-state index in [4.69, 9.17) is 14.2 Å². The van der Waals surface area contributed by atoms with Gasteiger partial charge in [-0.3, -0.25) is 0 Å². The molecule has 0 saturated carbocycles.